The highest BCUT2D eigenvalue weighted by molar-refractivity contribution is 9.10. The average Bonchev–Trinajstić information content (AvgIpc) is 2.78. The van der Waals surface area contributed by atoms with Gasteiger partial charge in [-0.2, -0.15) is 0 Å². The lowest BCUT2D eigenvalue weighted by Crippen LogP contribution is -2.22. The summed E-state index contributed by atoms with van der Waals surface area (Å²) < 4.78 is 0.728. The first-order valence-electron chi connectivity index (χ1n) is 4.82. The summed E-state index contributed by atoms with van der Waals surface area (Å²) in [6, 6.07) is 4.76. The average molecular weight is 313 g/mol. The van der Waals surface area contributed by atoms with Crippen molar-refractivity contribution < 1.29 is 9.90 Å². The van der Waals surface area contributed by atoms with E-state index in [1.165, 1.54) is 17.4 Å². The fourth-order valence-electron chi connectivity index (χ4n) is 1.29. The van der Waals surface area contributed by atoms with Crippen LogP contribution in [0, 0.1) is 0 Å². The zero-order chi connectivity index (χ0) is 12.3. The molecule has 2 N–H and O–H groups in total. The number of phenolic OH excluding ortho intramolecular Hbond substituents is 1. The molecule has 88 valence electrons. The Morgan fingerprint density at radius 1 is 1.53 bits per heavy atom. The SMILES string of the molecule is O=C(NCc1nccs1)c1ccc(Br)cc1O. The molecule has 6 heteroatoms. The molecule has 0 radical (unpaired) electrons. The van der Waals surface area contributed by atoms with Crippen molar-refractivity contribution in [1.29, 1.82) is 0 Å². The molecule has 0 aliphatic carbocycles. The summed E-state index contributed by atoms with van der Waals surface area (Å²) in [4.78, 5) is 15.8. The molecule has 0 aliphatic rings. The summed E-state index contributed by atoms with van der Waals surface area (Å²) in [6.07, 6.45) is 1.68. The predicted molar refractivity (Wildman–Crippen MR) is 69.1 cm³/mol. The van der Waals surface area contributed by atoms with Crippen molar-refractivity contribution in [1.82, 2.24) is 10.3 Å². The van der Waals surface area contributed by atoms with Crippen LogP contribution in [0.15, 0.2) is 34.2 Å². The molecule has 0 aliphatic heterocycles. The van der Waals surface area contributed by atoms with Crippen molar-refractivity contribution in [2.24, 2.45) is 0 Å². The highest BCUT2D eigenvalue weighted by Crippen LogP contribution is 2.22. The summed E-state index contributed by atoms with van der Waals surface area (Å²) in [5.74, 6) is -0.360. The lowest BCUT2D eigenvalue weighted by molar-refractivity contribution is 0.0948. The van der Waals surface area contributed by atoms with Gasteiger partial charge in [0.2, 0.25) is 0 Å². The van der Waals surface area contributed by atoms with Crippen molar-refractivity contribution >= 4 is 33.2 Å². The number of carbonyl (C=O) groups is 1. The summed E-state index contributed by atoms with van der Waals surface area (Å²) >= 11 is 4.69. The quantitative estimate of drug-likeness (QED) is 0.915. The highest BCUT2D eigenvalue weighted by atomic mass is 79.9. The number of hydrogen-bond acceptors (Lipinski definition) is 4. The van der Waals surface area contributed by atoms with Crippen LogP contribution in [0.25, 0.3) is 0 Å². The van der Waals surface area contributed by atoms with Gasteiger partial charge in [0, 0.05) is 16.0 Å². The number of halogens is 1. The van der Waals surface area contributed by atoms with Crippen molar-refractivity contribution in [3.63, 3.8) is 0 Å². The van der Waals surface area contributed by atoms with Crippen LogP contribution in [0.4, 0.5) is 0 Å². The van der Waals surface area contributed by atoms with Crippen molar-refractivity contribution in [3.8, 4) is 5.75 Å². The zero-order valence-corrected chi connectivity index (χ0v) is 11.1. The standard InChI is InChI=1S/C11H9BrN2O2S/c12-7-1-2-8(9(15)5-7)11(16)14-6-10-13-3-4-17-10/h1-5,15H,6H2,(H,14,16). The largest absolute Gasteiger partial charge is 0.507 e. The Balaban J connectivity index is 2.04. The minimum atomic E-state index is -0.315. The maximum absolute atomic E-state index is 11.8. The normalized spacial score (nSPS) is 10.2. The number of hydrogen-bond donors (Lipinski definition) is 2. The second-order valence-corrected chi connectivity index (χ2v) is 5.16. The van der Waals surface area contributed by atoms with Crippen molar-refractivity contribution in [2.45, 2.75) is 6.54 Å². The van der Waals surface area contributed by atoms with Gasteiger partial charge in [0.05, 0.1) is 12.1 Å². The molecule has 0 saturated heterocycles. The van der Waals surface area contributed by atoms with Gasteiger partial charge in [-0.1, -0.05) is 15.9 Å². The van der Waals surface area contributed by atoms with Crippen LogP contribution >= 0.6 is 27.3 Å². The van der Waals surface area contributed by atoms with E-state index in [1.54, 1.807) is 18.3 Å². The molecule has 2 aromatic rings. The third kappa shape index (κ3) is 3.04. The van der Waals surface area contributed by atoms with Crippen LogP contribution in [-0.4, -0.2) is 16.0 Å². The Kier molecular flexibility index (Phi) is 3.75. The first-order chi connectivity index (χ1) is 8.16. The van der Waals surface area contributed by atoms with Gasteiger partial charge in [-0.3, -0.25) is 4.79 Å². The van der Waals surface area contributed by atoms with Gasteiger partial charge >= 0.3 is 0 Å². The van der Waals surface area contributed by atoms with E-state index in [9.17, 15) is 9.90 Å². The molecule has 0 saturated carbocycles. The number of aromatic nitrogens is 1. The van der Waals surface area contributed by atoms with E-state index < -0.39 is 0 Å². The molecule has 1 aromatic heterocycles. The number of amides is 1. The fraction of sp³-hybridized carbons (Fsp3) is 0.0909. The predicted octanol–water partition coefficient (Wildman–Crippen LogP) is 2.54. The molecule has 0 unspecified atom stereocenters. The van der Waals surface area contributed by atoms with Gasteiger partial charge in [0.1, 0.15) is 10.8 Å². The monoisotopic (exact) mass is 312 g/mol. The number of thiazole rings is 1. The Hall–Kier alpha value is -1.40. The Morgan fingerprint density at radius 3 is 3.00 bits per heavy atom. The molecule has 17 heavy (non-hydrogen) atoms. The molecule has 1 aromatic carbocycles. The molecule has 0 fully saturated rings. The van der Waals surface area contributed by atoms with Gasteiger partial charge in [-0.05, 0) is 18.2 Å². The zero-order valence-electron chi connectivity index (χ0n) is 8.68. The summed E-state index contributed by atoms with van der Waals surface area (Å²) in [6.45, 7) is 0.367. The van der Waals surface area contributed by atoms with Crippen LogP contribution in [0.2, 0.25) is 0 Å². The topological polar surface area (TPSA) is 62.2 Å². The first-order valence-corrected chi connectivity index (χ1v) is 6.49. The Labute approximate surface area is 110 Å². The molecule has 2 rings (SSSR count). The summed E-state index contributed by atoms with van der Waals surface area (Å²) in [5, 5.41) is 15.0. The molecule has 0 atom stereocenters. The Morgan fingerprint density at radius 2 is 2.35 bits per heavy atom. The first kappa shape index (κ1) is 12.1. The summed E-state index contributed by atoms with van der Waals surface area (Å²) in [5.41, 5.74) is 0.254. The fourth-order valence-corrected chi connectivity index (χ4v) is 2.19. The molecule has 4 nitrogen and oxygen atoms in total. The second-order valence-electron chi connectivity index (χ2n) is 3.27. The van der Waals surface area contributed by atoms with Gasteiger partial charge in [-0.25, -0.2) is 4.98 Å². The Bertz CT molecular complexity index is 528. The van der Waals surface area contributed by atoms with Gasteiger partial charge < -0.3 is 10.4 Å². The van der Waals surface area contributed by atoms with Crippen molar-refractivity contribution in [2.75, 3.05) is 0 Å². The molecular weight excluding hydrogens is 304 g/mol. The van der Waals surface area contributed by atoms with Gasteiger partial charge in [0.15, 0.2) is 0 Å². The lowest BCUT2D eigenvalue weighted by atomic mass is 10.2. The van der Waals surface area contributed by atoms with Crippen LogP contribution < -0.4 is 5.32 Å². The molecular formula is C11H9BrN2O2S. The number of phenols is 1. The minimum Gasteiger partial charge on any atom is -0.507 e. The van der Waals surface area contributed by atoms with E-state index in [2.05, 4.69) is 26.2 Å². The lowest BCUT2D eigenvalue weighted by Gasteiger charge is -2.05. The molecule has 1 heterocycles. The van der Waals surface area contributed by atoms with Crippen LogP contribution in [-0.2, 0) is 6.54 Å². The number of nitrogens with zero attached hydrogens (tertiary/aromatic N) is 1. The summed E-state index contributed by atoms with van der Waals surface area (Å²) in [7, 11) is 0. The minimum absolute atomic E-state index is 0.0454. The smallest absolute Gasteiger partial charge is 0.255 e. The van der Waals surface area contributed by atoms with Crippen LogP contribution in [0.1, 0.15) is 15.4 Å². The van der Waals surface area contributed by atoms with Crippen LogP contribution in [0.5, 0.6) is 5.75 Å². The second kappa shape index (κ2) is 5.29. The van der Waals surface area contributed by atoms with Gasteiger partial charge in [0.25, 0.3) is 5.91 Å². The van der Waals surface area contributed by atoms with E-state index in [1.807, 2.05) is 5.38 Å². The third-order valence-electron chi connectivity index (χ3n) is 2.09. The number of carbonyl (C=O) groups excluding carboxylic acids is 1. The van der Waals surface area contributed by atoms with E-state index in [4.69, 9.17) is 0 Å². The number of aromatic hydroxyl groups is 1. The highest BCUT2D eigenvalue weighted by Gasteiger charge is 2.11. The molecule has 0 spiro atoms. The number of nitrogens with one attached hydrogen (secondary N) is 1. The molecule has 0 bridgehead atoms. The van der Waals surface area contributed by atoms with E-state index >= 15 is 0 Å². The van der Waals surface area contributed by atoms with E-state index in [-0.39, 0.29) is 17.2 Å². The number of rotatable bonds is 3. The van der Waals surface area contributed by atoms with Gasteiger partial charge in [-0.15, -0.1) is 11.3 Å². The van der Waals surface area contributed by atoms with E-state index in [0.29, 0.717) is 6.54 Å². The number of benzene rings is 1. The maximum atomic E-state index is 11.8. The maximum Gasteiger partial charge on any atom is 0.255 e. The molecule has 1 amide bonds. The van der Waals surface area contributed by atoms with E-state index in [0.717, 1.165) is 9.48 Å². The third-order valence-corrected chi connectivity index (χ3v) is 3.36. The van der Waals surface area contributed by atoms with Crippen molar-refractivity contribution in [3.05, 3.63) is 44.8 Å². The van der Waals surface area contributed by atoms with Crippen LogP contribution in [0.3, 0.4) is 0 Å².